The third-order valence-corrected chi connectivity index (χ3v) is 4.61. The predicted molar refractivity (Wildman–Crippen MR) is 73.0 cm³/mol. The van der Waals surface area contributed by atoms with Crippen LogP contribution in [0.5, 0.6) is 0 Å². The zero-order valence-corrected chi connectivity index (χ0v) is 11.7. The van der Waals surface area contributed by atoms with Gasteiger partial charge in [0.15, 0.2) is 5.96 Å². The molecule has 1 fully saturated rings. The summed E-state index contributed by atoms with van der Waals surface area (Å²) in [5.74, 6) is 2.39. The van der Waals surface area contributed by atoms with Gasteiger partial charge in [-0.2, -0.15) is 0 Å². The molecule has 0 aromatic rings. The molecule has 0 bridgehead atoms. The van der Waals surface area contributed by atoms with E-state index >= 15 is 0 Å². The topological polar surface area (TPSA) is 41.6 Å². The maximum absolute atomic E-state index is 6.08. The Balaban J connectivity index is 2.18. The second-order valence-electron chi connectivity index (χ2n) is 6.46. The van der Waals surface area contributed by atoms with E-state index in [0.717, 1.165) is 24.3 Å². The lowest BCUT2D eigenvalue weighted by molar-refractivity contribution is 0.0716. The first kappa shape index (κ1) is 12.7. The zero-order chi connectivity index (χ0) is 12.6. The molecule has 3 heteroatoms. The Morgan fingerprint density at radius 2 is 2.06 bits per heavy atom. The molecular formula is C14H27N3. The largest absolute Gasteiger partial charge is 0.370 e. The van der Waals surface area contributed by atoms with Crippen LogP contribution in [0.4, 0.5) is 0 Å². The van der Waals surface area contributed by atoms with Gasteiger partial charge in [0.2, 0.25) is 0 Å². The zero-order valence-electron chi connectivity index (χ0n) is 11.7. The highest BCUT2D eigenvalue weighted by atomic mass is 15.4. The molecule has 0 aromatic heterocycles. The number of hydrogen-bond acceptors (Lipinski definition) is 3. The van der Waals surface area contributed by atoms with Crippen molar-refractivity contribution in [3.8, 4) is 0 Å². The fourth-order valence-corrected chi connectivity index (χ4v) is 3.75. The Morgan fingerprint density at radius 3 is 2.65 bits per heavy atom. The van der Waals surface area contributed by atoms with E-state index in [0.29, 0.717) is 6.04 Å². The van der Waals surface area contributed by atoms with Crippen molar-refractivity contribution in [1.82, 2.24) is 4.90 Å². The van der Waals surface area contributed by atoms with Gasteiger partial charge in [-0.3, -0.25) is 4.99 Å². The van der Waals surface area contributed by atoms with Gasteiger partial charge in [-0.05, 0) is 38.5 Å². The lowest BCUT2D eigenvalue weighted by Crippen LogP contribution is -2.57. The monoisotopic (exact) mass is 237 g/mol. The Bertz CT molecular complexity index is 309. The molecule has 98 valence electrons. The molecule has 2 aliphatic rings. The van der Waals surface area contributed by atoms with Crippen molar-refractivity contribution in [2.24, 2.45) is 22.6 Å². The molecule has 1 heterocycles. The summed E-state index contributed by atoms with van der Waals surface area (Å²) >= 11 is 0. The predicted octanol–water partition coefficient (Wildman–Crippen LogP) is 2.61. The quantitative estimate of drug-likeness (QED) is 0.802. The number of hydrogen-bond donors (Lipinski definition) is 1. The summed E-state index contributed by atoms with van der Waals surface area (Å²) in [6.07, 6.45) is 5.24. The van der Waals surface area contributed by atoms with Crippen LogP contribution in [0.1, 0.15) is 53.4 Å². The SMILES string of the molecule is CC(C)C1CCCC2(CN=C(N)N2C(C)C)C1. The second-order valence-corrected chi connectivity index (χ2v) is 6.46. The molecule has 2 rings (SSSR count). The normalized spacial score (nSPS) is 33.9. The van der Waals surface area contributed by atoms with Gasteiger partial charge in [-0.25, -0.2) is 0 Å². The molecular weight excluding hydrogens is 210 g/mol. The van der Waals surface area contributed by atoms with Gasteiger partial charge in [0.05, 0.1) is 12.1 Å². The summed E-state index contributed by atoms with van der Waals surface area (Å²) in [4.78, 5) is 6.92. The van der Waals surface area contributed by atoms with Gasteiger partial charge in [0.1, 0.15) is 0 Å². The minimum atomic E-state index is 0.242. The molecule has 1 aliphatic carbocycles. The molecule has 0 radical (unpaired) electrons. The maximum Gasteiger partial charge on any atom is 0.192 e. The lowest BCUT2D eigenvalue weighted by Gasteiger charge is -2.47. The molecule has 2 unspecified atom stereocenters. The van der Waals surface area contributed by atoms with Crippen LogP contribution >= 0.6 is 0 Å². The minimum absolute atomic E-state index is 0.242. The molecule has 0 aromatic carbocycles. The van der Waals surface area contributed by atoms with Crippen molar-refractivity contribution in [3.63, 3.8) is 0 Å². The second kappa shape index (κ2) is 4.51. The molecule has 0 amide bonds. The number of nitrogens with zero attached hydrogens (tertiary/aromatic N) is 2. The molecule has 2 atom stereocenters. The van der Waals surface area contributed by atoms with E-state index in [-0.39, 0.29) is 5.54 Å². The van der Waals surface area contributed by atoms with Crippen LogP contribution in [-0.2, 0) is 0 Å². The van der Waals surface area contributed by atoms with E-state index < -0.39 is 0 Å². The molecule has 1 spiro atoms. The van der Waals surface area contributed by atoms with Crippen molar-refractivity contribution in [2.45, 2.75) is 65.0 Å². The summed E-state index contributed by atoms with van der Waals surface area (Å²) in [6, 6.07) is 0.465. The molecule has 0 saturated heterocycles. The van der Waals surface area contributed by atoms with E-state index in [9.17, 15) is 0 Å². The van der Waals surface area contributed by atoms with Gasteiger partial charge < -0.3 is 10.6 Å². The van der Waals surface area contributed by atoms with Crippen LogP contribution in [0.2, 0.25) is 0 Å². The lowest BCUT2D eigenvalue weighted by atomic mass is 9.71. The molecule has 2 N–H and O–H groups in total. The van der Waals surface area contributed by atoms with Crippen LogP contribution in [0.15, 0.2) is 4.99 Å². The van der Waals surface area contributed by atoms with E-state index in [1.54, 1.807) is 0 Å². The van der Waals surface area contributed by atoms with Gasteiger partial charge in [0, 0.05) is 6.04 Å². The van der Waals surface area contributed by atoms with Crippen molar-refractivity contribution in [3.05, 3.63) is 0 Å². The average Bonchev–Trinajstić information content (AvgIpc) is 2.55. The van der Waals surface area contributed by atoms with E-state index in [2.05, 4.69) is 37.6 Å². The Kier molecular flexibility index (Phi) is 3.37. The summed E-state index contributed by atoms with van der Waals surface area (Å²) in [7, 11) is 0. The van der Waals surface area contributed by atoms with Crippen molar-refractivity contribution in [1.29, 1.82) is 0 Å². The molecule has 1 aliphatic heterocycles. The highest BCUT2D eigenvalue weighted by molar-refractivity contribution is 5.81. The highest BCUT2D eigenvalue weighted by Crippen LogP contribution is 2.42. The third-order valence-electron chi connectivity index (χ3n) is 4.61. The summed E-state index contributed by atoms with van der Waals surface area (Å²) < 4.78 is 0. The minimum Gasteiger partial charge on any atom is -0.370 e. The number of rotatable bonds is 2. The standard InChI is InChI=1S/C14H27N3/c1-10(2)12-6-5-7-14(8-12)9-16-13(15)17(14)11(3)4/h10-12H,5-9H2,1-4H3,(H2,15,16). The van der Waals surface area contributed by atoms with Gasteiger partial charge in [-0.1, -0.05) is 26.7 Å². The first-order valence-electron chi connectivity index (χ1n) is 7.05. The number of nitrogens with two attached hydrogens (primary N) is 1. The highest BCUT2D eigenvalue weighted by Gasteiger charge is 2.46. The first-order chi connectivity index (χ1) is 7.96. The van der Waals surface area contributed by atoms with Crippen LogP contribution in [0.25, 0.3) is 0 Å². The summed E-state index contributed by atoms with van der Waals surface area (Å²) in [5, 5.41) is 0. The smallest absolute Gasteiger partial charge is 0.192 e. The fourth-order valence-electron chi connectivity index (χ4n) is 3.75. The number of aliphatic imine (C=N–C) groups is 1. The van der Waals surface area contributed by atoms with Gasteiger partial charge >= 0.3 is 0 Å². The van der Waals surface area contributed by atoms with Crippen LogP contribution in [0.3, 0.4) is 0 Å². The first-order valence-corrected chi connectivity index (χ1v) is 7.05. The fraction of sp³-hybridized carbons (Fsp3) is 0.929. The van der Waals surface area contributed by atoms with Crippen molar-refractivity contribution >= 4 is 5.96 Å². The average molecular weight is 237 g/mol. The van der Waals surface area contributed by atoms with E-state index in [1.807, 2.05) is 0 Å². The summed E-state index contributed by atoms with van der Waals surface area (Å²) in [6.45, 7) is 10.1. The third kappa shape index (κ3) is 2.16. The van der Waals surface area contributed by atoms with Crippen molar-refractivity contribution < 1.29 is 0 Å². The van der Waals surface area contributed by atoms with Crippen LogP contribution < -0.4 is 5.73 Å². The molecule has 1 saturated carbocycles. The maximum atomic E-state index is 6.08. The molecule has 17 heavy (non-hydrogen) atoms. The van der Waals surface area contributed by atoms with Gasteiger partial charge in [-0.15, -0.1) is 0 Å². The Labute approximate surface area is 105 Å². The summed E-state index contributed by atoms with van der Waals surface area (Å²) in [5.41, 5.74) is 6.32. The van der Waals surface area contributed by atoms with Gasteiger partial charge in [0.25, 0.3) is 0 Å². The van der Waals surface area contributed by atoms with Crippen LogP contribution in [0, 0.1) is 11.8 Å². The Hall–Kier alpha value is -0.730. The van der Waals surface area contributed by atoms with E-state index in [4.69, 9.17) is 5.73 Å². The molecule has 3 nitrogen and oxygen atoms in total. The number of guanidine groups is 1. The Morgan fingerprint density at radius 1 is 1.35 bits per heavy atom. The van der Waals surface area contributed by atoms with Crippen LogP contribution in [-0.4, -0.2) is 29.0 Å². The van der Waals surface area contributed by atoms with E-state index in [1.165, 1.54) is 25.7 Å². The van der Waals surface area contributed by atoms with Crippen molar-refractivity contribution in [2.75, 3.05) is 6.54 Å².